The molecule has 0 fully saturated rings. The number of carbonyl (C=O) groups is 2. The summed E-state index contributed by atoms with van der Waals surface area (Å²) in [4.78, 5) is 23.0. The fourth-order valence-corrected chi connectivity index (χ4v) is 3.34. The first-order valence-corrected chi connectivity index (χ1v) is 8.71. The number of halogens is 4. The Morgan fingerprint density at radius 1 is 1.03 bits per heavy atom. The third-order valence-corrected chi connectivity index (χ3v) is 4.73. The van der Waals surface area contributed by atoms with Crippen LogP contribution in [0.1, 0.15) is 23.5 Å². The lowest BCUT2D eigenvalue weighted by Gasteiger charge is -2.21. The molecule has 0 saturated heterocycles. The van der Waals surface area contributed by atoms with Gasteiger partial charge in [-0.15, -0.1) is 0 Å². The Balaban J connectivity index is 1.68. The van der Waals surface area contributed by atoms with Crippen molar-refractivity contribution >= 4 is 12.1 Å². The number of carboxylic acid groups (broad SMARTS) is 1. The quantitative estimate of drug-likeness (QED) is 0.668. The molecule has 0 aromatic heterocycles. The van der Waals surface area contributed by atoms with E-state index in [1.165, 1.54) is 0 Å². The van der Waals surface area contributed by atoms with Crippen molar-refractivity contribution in [3.63, 3.8) is 0 Å². The zero-order valence-corrected chi connectivity index (χ0v) is 14.9. The molecule has 2 aromatic rings. The van der Waals surface area contributed by atoms with Gasteiger partial charge < -0.3 is 15.2 Å². The van der Waals surface area contributed by atoms with E-state index in [1.54, 1.807) is 5.32 Å². The number of fused-ring (bicyclic) bond motifs is 3. The largest absolute Gasteiger partial charge is 0.480 e. The zero-order chi connectivity index (χ0) is 21.2. The Kier molecular flexibility index (Phi) is 5.76. The monoisotopic (exact) mass is 411 g/mol. The molecule has 0 heterocycles. The number of alkyl carbamates (subject to hydrolysis) is 1. The maximum Gasteiger partial charge on any atom is 0.407 e. The van der Waals surface area contributed by atoms with Crippen molar-refractivity contribution in [1.29, 1.82) is 0 Å². The summed E-state index contributed by atoms with van der Waals surface area (Å²) in [5.74, 6) is -6.74. The molecule has 0 bridgehead atoms. The smallest absolute Gasteiger partial charge is 0.407 e. The molecule has 3 rings (SSSR count). The van der Waals surface area contributed by atoms with Crippen LogP contribution in [0.4, 0.5) is 22.4 Å². The highest BCUT2D eigenvalue weighted by molar-refractivity contribution is 5.81. The molecule has 9 heteroatoms. The van der Waals surface area contributed by atoms with Crippen LogP contribution in [-0.4, -0.2) is 42.2 Å². The number of carboxylic acids is 1. The first-order valence-electron chi connectivity index (χ1n) is 8.71. The van der Waals surface area contributed by atoms with Crippen molar-refractivity contribution in [3.05, 3.63) is 59.7 Å². The maximum atomic E-state index is 13.2. The topological polar surface area (TPSA) is 75.6 Å². The van der Waals surface area contributed by atoms with Crippen LogP contribution in [0.3, 0.4) is 0 Å². The number of rotatable bonds is 7. The van der Waals surface area contributed by atoms with Crippen molar-refractivity contribution in [2.24, 2.45) is 0 Å². The van der Waals surface area contributed by atoms with Gasteiger partial charge in [-0.25, -0.2) is 27.2 Å². The SMILES string of the molecule is O=C(NC(CC(F)(F)C(F)F)C(=O)O)OCC1c2ccccc2-c2ccccc21. The Morgan fingerprint density at radius 3 is 2.03 bits per heavy atom. The van der Waals surface area contributed by atoms with E-state index in [4.69, 9.17) is 9.84 Å². The average Bonchev–Trinajstić information content (AvgIpc) is 2.99. The lowest BCUT2D eigenvalue weighted by Crippen LogP contribution is -2.46. The van der Waals surface area contributed by atoms with Crippen LogP contribution < -0.4 is 5.32 Å². The summed E-state index contributed by atoms with van der Waals surface area (Å²) >= 11 is 0. The van der Waals surface area contributed by atoms with Crippen LogP contribution in [0.5, 0.6) is 0 Å². The summed E-state index contributed by atoms with van der Waals surface area (Å²) in [7, 11) is 0. The molecule has 2 aromatic carbocycles. The maximum absolute atomic E-state index is 13.2. The van der Waals surface area contributed by atoms with E-state index in [2.05, 4.69) is 0 Å². The number of ether oxygens (including phenoxy) is 1. The highest BCUT2D eigenvalue weighted by Gasteiger charge is 2.45. The molecular formula is C20H17F4NO4. The second-order valence-electron chi connectivity index (χ2n) is 6.63. The lowest BCUT2D eigenvalue weighted by atomic mass is 9.98. The molecule has 154 valence electrons. The minimum atomic E-state index is -4.56. The number of aliphatic carboxylic acids is 1. The Hall–Kier alpha value is -3.10. The van der Waals surface area contributed by atoms with E-state index in [0.29, 0.717) is 0 Å². The van der Waals surface area contributed by atoms with Crippen LogP contribution in [0.15, 0.2) is 48.5 Å². The molecule has 5 nitrogen and oxygen atoms in total. The van der Waals surface area contributed by atoms with Gasteiger partial charge in [0.25, 0.3) is 0 Å². The molecule has 1 aliphatic carbocycles. The van der Waals surface area contributed by atoms with E-state index >= 15 is 0 Å². The molecule has 2 N–H and O–H groups in total. The van der Waals surface area contributed by atoms with Gasteiger partial charge in [0.05, 0.1) is 0 Å². The number of nitrogens with one attached hydrogen (secondary N) is 1. The summed E-state index contributed by atoms with van der Waals surface area (Å²) in [5, 5.41) is 10.7. The summed E-state index contributed by atoms with van der Waals surface area (Å²) < 4.78 is 56.0. The lowest BCUT2D eigenvalue weighted by molar-refractivity contribution is -0.154. The van der Waals surface area contributed by atoms with Gasteiger partial charge in [-0.3, -0.25) is 0 Å². The van der Waals surface area contributed by atoms with E-state index in [1.807, 2.05) is 48.5 Å². The van der Waals surface area contributed by atoms with E-state index in [0.717, 1.165) is 22.3 Å². The summed E-state index contributed by atoms with van der Waals surface area (Å²) in [6.45, 7) is -0.169. The molecule has 0 spiro atoms. The Labute approximate surface area is 163 Å². The molecule has 0 saturated carbocycles. The minimum absolute atomic E-state index is 0.169. The molecule has 1 unspecified atom stereocenters. The van der Waals surface area contributed by atoms with Gasteiger partial charge in [-0.05, 0) is 22.3 Å². The van der Waals surface area contributed by atoms with Crippen molar-refractivity contribution in [1.82, 2.24) is 5.32 Å². The molecule has 29 heavy (non-hydrogen) atoms. The molecule has 1 aliphatic rings. The first-order chi connectivity index (χ1) is 13.7. The second kappa shape index (κ2) is 8.10. The Bertz CT molecular complexity index is 873. The summed E-state index contributed by atoms with van der Waals surface area (Å²) in [6, 6.07) is 12.7. The predicted molar refractivity (Wildman–Crippen MR) is 95.2 cm³/mol. The van der Waals surface area contributed by atoms with Gasteiger partial charge in [0, 0.05) is 12.3 Å². The molecular weight excluding hydrogens is 394 g/mol. The minimum Gasteiger partial charge on any atom is -0.480 e. The average molecular weight is 411 g/mol. The van der Waals surface area contributed by atoms with Gasteiger partial charge in [0.2, 0.25) is 0 Å². The number of amides is 1. The molecule has 1 amide bonds. The molecule has 1 atom stereocenters. The number of carbonyl (C=O) groups excluding carboxylic acids is 1. The summed E-state index contributed by atoms with van der Waals surface area (Å²) in [5.41, 5.74) is 3.75. The zero-order valence-electron chi connectivity index (χ0n) is 14.9. The van der Waals surface area contributed by atoms with Crippen molar-refractivity contribution < 1.29 is 37.0 Å². The van der Waals surface area contributed by atoms with E-state index in [9.17, 15) is 27.2 Å². The van der Waals surface area contributed by atoms with Crippen molar-refractivity contribution in [2.45, 2.75) is 30.7 Å². The third-order valence-electron chi connectivity index (χ3n) is 4.73. The van der Waals surface area contributed by atoms with Gasteiger partial charge in [-0.2, -0.15) is 0 Å². The van der Waals surface area contributed by atoms with Crippen LogP contribution >= 0.6 is 0 Å². The van der Waals surface area contributed by atoms with Crippen molar-refractivity contribution in [2.75, 3.05) is 6.61 Å². The van der Waals surface area contributed by atoms with Crippen LogP contribution in [0.2, 0.25) is 0 Å². The fraction of sp³-hybridized carbons (Fsp3) is 0.300. The second-order valence-corrected chi connectivity index (χ2v) is 6.63. The third kappa shape index (κ3) is 4.33. The van der Waals surface area contributed by atoms with Crippen LogP contribution in [-0.2, 0) is 9.53 Å². The molecule has 0 aliphatic heterocycles. The van der Waals surface area contributed by atoms with Crippen LogP contribution in [0, 0.1) is 0 Å². The number of hydrogen-bond acceptors (Lipinski definition) is 3. The van der Waals surface area contributed by atoms with Gasteiger partial charge in [0.15, 0.2) is 0 Å². The number of alkyl halides is 4. The first kappa shape index (κ1) is 20.6. The highest BCUT2D eigenvalue weighted by atomic mass is 19.3. The highest BCUT2D eigenvalue weighted by Crippen LogP contribution is 2.44. The molecule has 0 radical (unpaired) electrons. The van der Waals surface area contributed by atoms with Gasteiger partial charge >= 0.3 is 24.4 Å². The Morgan fingerprint density at radius 2 is 1.55 bits per heavy atom. The number of hydrogen-bond donors (Lipinski definition) is 2. The summed E-state index contributed by atoms with van der Waals surface area (Å²) in [6.07, 6.45) is -7.07. The van der Waals surface area contributed by atoms with Gasteiger partial charge in [0.1, 0.15) is 12.6 Å². The predicted octanol–water partition coefficient (Wildman–Crippen LogP) is 4.27. The number of benzene rings is 2. The fourth-order valence-electron chi connectivity index (χ4n) is 3.34. The standard InChI is InChI=1S/C20H17F4NO4/c21-18(22)20(23,24)9-16(17(26)27)25-19(28)29-10-15-13-7-3-1-5-11(13)12-6-2-4-8-14(12)15/h1-8,15-16,18H,9-10H2,(H,25,28)(H,26,27). The normalized spacial score (nSPS) is 14.2. The van der Waals surface area contributed by atoms with Crippen molar-refractivity contribution in [3.8, 4) is 11.1 Å². The van der Waals surface area contributed by atoms with Crippen LogP contribution in [0.25, 0.3) is 11.1 Å². The van der Waals surface area contributed by atoms with E-state index in [-0.39, 0.29) is 12.5 Å². The van der Waals surface area contributed by atoms with E-state index < -0.39 is 36.9 Å². The van der Waals surface area contributed by atoms with Gasteiger partial charge in [-0.1, -0.05) is 48.5 Å².